The van der Waals surface area contributed by atoms with Crippen LogP contribution >= 0.6 is 34.4 Å². The molecule has 2 heterocycles. The van der Waals surface area contributed by atoms with Crippen LogP contribution < -0.4 is 10.1 Å². The second kappa shape index (κ2) is 8.98. The summed E-state index contributed by atoms with van der Waals surface area (Å²) in [6, 6.07) is 10.9. The van der Waals surface area contributed by atoms with Crippen LogP contribution in [0.5, 0.6) is 5.75 Å². The van der Waals surface area contributed by atoms with E-state index in [1.165, 1.54) is 34.4 Å². The monoisotopic (exact) mass is 404 g/mol. The summed E-state index contributed by atoms with van der Waals surface area (Å²) in [7, 11) is 1.58. The van der Waals surface area contributed by atoms with Gasteiger partial charge in [0.15, 0.2) is 10.1 Å². The van der Waals surface area contributed by atoms with E-state index in [2.05, 4.69) is 10.3 Å². The number of nitrogens with zero attached hydrogens (tertiary/aromatic N) is 1. The number of carbonyl (C=O) groups is 2. The first-order chi connectivity index (χ1) is 12.6. The van der Waals surface area contributed by atoms with Gasteiger partial charge in [0.25, 0.3) is 0 Å². The maximum atomic E-state index is 12.2. The van der Waals surface area contributed by atoms with Crippen LogP contribution in [0.1, 0.15) is 15.4 Å². The maximum absolute atomic E-state index is 12.2. The number of carbonyl (C=O) groups excluding carboxylic acids is 2. The standard InChI is InChI=1S/C18H16N2O3S3/c1-23-14-5-2-4-12(8-14)19-17(22)9-13-10-25-18(20-13)26-11-15(21)16-6-3-7-24-16/h2-8,10H,9,11H2,1H3,(H,19,22). The maximum Gasteiger partial charge on any atom is 0.230 e. The van der Waals surface area contributed by atoms with E-state index >= 15 is 0 Å². The summed E-state index contributed by atoms with van der Waals surface area (Å²) in [6.07, 6.45) is 0.188. The van der Waals surface area contributed by atoms with Crippen molar-refractivity contribution in [2.45, 2.75) is 10.8 Å². The molecule has 3 aromatic rings. The molecule has 0 saturated heterocycles. The van der Waals surface area contributed by atoms with Crippen LogP contribution in [0.15, 0.2) is 51.5 Å². The van der Waals surface area contributed by atoms with Crippen molar-refractivity contribution in [3.05, 3.63) is 57.7 Å². The van der Waals surface area contributed by atoms with Crippen molar-refractivity contribution in [3.8, 4) is 5.75 Å². The third-order valence-corrected chi connectivity index (χ3v) is 6.33. The van der Waals surface area contributed by atoms with Crippen molar-refractivity contribution in [2.75, 3.05) is 18.2 Å². The van der Waals surface area contributed by atoms with Crippen LogP contribution in [-0.2, 0) is 11.2 Å². The molecule has 0 aliphatic rings. The van der Waals surface area contributed by atoms with Gasteiger partial charge in [0.05, 0.1) is 29.9 Å². The molecule has 1 N–H and O–H groups in total. The Balaban J connectivity index is 1.51. The van der Waals surface area contributed by atoms with E-state index in [0.717, 1.165) is 9.22 Å². The highest BCUT2D eigenvalue weighted by Crippen LogP contribution is 2.25. The van der Waals surface area contributed by atoms with Crippen LogP contribution in [0.4, 0.5) is 5.69 Å². The molecule has 0 aliphatic heterocycles. The lowest BCUT2D eigenvalue weighted by Crippen LogP contribution is -2.14. The normalized spacial score (nSPS) is 10.5. The number of thiazole rings is 1. The molecule has 8 heteroatoms. The quantitative estimate of drug-likeness (QED) is 0.446. The van der Waals surface area contributed by atoms with E-state index < -0.39 is 0 Å². The van der Waals surface area contributed by atoms with E-state index in [4.69, 9.17) is 4.74 Å². The molecule has 0 saturated carbocycles. The van der Waals surface area contributed by atoms with Gasteiger partial charge in [-0.25, -0.2) is 4.98 Å². The van der Waals surface area contributed by atoms with Crippen LogP contribution in [-0.4, -0.2) is 29.5 Å². The predicted octanol–water partition coefficient (Wildman–Crippen LogP) is 4.37. The summed E-state index contributed by atoms with van der Waals surface area (Å²) in [5, 5.41) is 6.57. The van der Waals surface area contributed by atoms with Crippen molar-refractivity contribution in [1.29, 1.82) is 0 Å². The van der Waals surface area contributed by atoms with Crippen molar-refractivity contribution in [2.24, 2.45) is 0 Å². The number of ketones is 1. The molecule has 26 heavy (non-hydrogen) atoms. The topological polar surface area (TPSA) is 68.3 Å². The fraction of sp³-hybridized carbons (Fsp3) is 0.167. The zero-order valence-corrected chi connectivity index (χ0v) is 16.4. The van der Waals surface area contributed by atoms with Crippen LogP contribution in [0.25, 0.3) is 0 Å². The predicted molar refractivity (Wildman–Crippen MR) is 107 cm³/mol. The number of aromatic nitrogens is 1. The molecule has 0 atom stereocenters. The summed E-state index contributed by atoms with van der Waals surface area (Å²) in [5.41, 5.74) is 1.38. The average molecular weight is 405 g/mol. The first-order valence-electron chi connectivity index (χ1n) is 7.72. The fourth-order valence-corrected chi connectivity index (χ4v) is 4.63. The van der Waals surface area contributed by atoms with Gasteiger partial charge in [0.1, 0.15) is 5.75 Å². The van der Waals surface area contributed by atoms with Crippen molar-refractivity contribution < 1.29 is 14.3 Å². The lowest BCUT2D eigenvalue weighted by molar-refractivity contribution is -0.115. The number of anilines is 1. The number of thiophene rings is 1. The Morgan fingerprint density at radius 1 is 1.23 bits per heavy atom. The number of hydrogen-bond acceptors (Lipinski definition) is 7. The summed E-state index contributed by atoms with van der Waals surface area (Å²) in [5.74, 6) is 0.988. The van der Waals surface area contributed by atoms with E-state index in [1.807, 2.05) is 35.0 Å². The Labute approximate surface area is 163 Å². The fourth-order valence-electron chi connectivity index (χ4n) is 2.14. The van der Waals surface area contributed by atoms with Gasteiger partial charge in [0, 0.05) is 17.1 Å². The lowest BCUT2D eigenvalue weighted by atomic mass is 10.2. The largest absolute Gasteiger partial charge is 0.497 e. The smallest absolute Gasteiger partial charge is 0.230 e. The lowest BCUT2D eigenvalue weighted by Gasteiger charge is -2.06. The molecule has 1 aromatic carbocycles. The third-order valence-electron chi connectivity index (χ3n) is 3.35. The molecular weight excluding hydrogens is 388 g/mol. The highest BCUT2D eigenvalue weighted by atomic mass is 32.2. The summed E-state index contributed by atoms with van der Waals surface area (Å²) < 4.78 is 5.93. The number of benzene rings is 1. The zero-order chi connectivity index (χ0) is 18.4. The van der Waals surface area contributed by atoms with Crippen LogP contribution in [0, 0.1) is 0 Å². The van der Waals surface area contributed by atoms with Crippen LogP contribution in [0.2, 0.25) is 0 Å². The highest BCUT2D eigenvalue weighted by Gasteiger charge is 2.12. The van der Waals surface area contributed by atoms with E-state index in [9.17, 15) is 9.59 Å². The first-order valence-corrected chi connectivity index (χ1v) is 10.5. The molecule has 1 amide bonds. The second-order valence-electron chi connectivity index (χ2n) is 5.25. The second-order valence-corrected chi connectivity index (χ2v) is 8.28. The summed E-state index contributed by atoms with van der Waals surface area (Å²) in [4.78, 5) is 29.4. The Bertz CT molecular complexity index is 891. The molecule has 134 valence electrons. The molecule has 3 rings (SSSR count). The minimum atomic E-state index is -0.144. The Morgan fingerprint density at radius 3 is 2.88 bits per heavy atom. The molecule has 0 spiro atoms. The summed E-state index contributed by atoms with van der Waals surface area (Å²) in [6.45, 7) is 0. The molecule has 2 aromatic heterocycles. The molecule has 0 radical (unpaired) electrons. The van der Waals surface area contributed by atoms with Gasteiger partial charge in [-0.2, -0.15) is 0 Å². The van der Waals surface area contributed by atoms with E-state index in [-0.39, 0.29) is 18.1 Å². The van der Waals surface area contributed by atoms with Gasteiger partial charge in [-0.15, -0.1) is 22.7 Å². The Kier molecular flexibility index (Phi) is 6.43. The molecule has 0 aliphatic carbocycles. The van der Waals surface area contributed by atoms with Gasteiger partial charge in [-0.05, 0) is 23.6 Å². The van der Waals surface area contributed by atoms with Gasteiger partial charge in [-0.1, -0.05) is 23.9 Å². The van der Waals surface area contributed by atoms with Gasteiger partial charge in [-0.3, -0.25) is 9.59 Å². The van der Waals surface area contributed by atoms with Gasteiger partial charge in [0.2, 0.25) is 5.91 Å². The molecule has 0 unspecified atom stereocenters. The number of Topliss-reactive ketones (excluding diaryl/α,β-unsaturated/α-hetero) is 1. The average Bonchev–Trinajstić information content (AvgIpc) is 3.32. The molecule has 0 fully saturated rings. The minimum absolute atomic E-state index is 0.0949. The number of ether oxygens (including phenoxy) is 1. The van der Waals surface area contributed by atoms with E-state index in [0.29, 0.717) is 22.9 Å². The SMILES string of the molecule is COc1cccc(NC(=O)Cc2csc(SCC(=O)c3cccs3)n2)c1. The zero-order valence-electron chi connectivity index (χ0n) is 13.9. The van der Waals surface area contributed by atoms with Gasteiger partial charge >= 0.3 is 0 Å². The number of methoxy groups -OCH3 is 1. The number of hydrogen-bond donors (Lipinski definition) is 1. The third kappa shape index (κ3) is 5.17. The molecular formula is C18H16N2O3S3. The number of amides is 1. The molecule has 5 nitrogen and oxygen atoms in total. The number of nitrogens with one attached hydrogen (secondary N) is 1. The summed E-state index contributed by atoms with van der Waals surface area (Å²) >= 11 is 4.29. The van der Waals surface area contributed by atoms with Crippen molar-refractivity contribution >= 4 is 51.8 Å². The highest BCUT2D eigenvalue weighted by molar-refractivity contribution is 8.01. The van der Waals surface area contributed by atoms with Crippen molar-refractivity contribution in [3.63, 3.8) is 0 Å². The number of thioether (sulfide) groups is 1. The van der Waals surface area contributed by atoms with Crippen molar-refractivity contribution in [1.82, 2.24) is 4.98 Å². The minimum Gasteiger partial charge on any atom is -0.497 e. The Morgan fingerprint density at radius 2 is 2.12 bits per heavy atom. The molecule has 0 bridgehead atoms. The number of rotatable bonds is 8. The van der Waals surface area contributed by atoms with Gasteiger partial charge < -0.3 is 10.1 Å². The first kappa shape index (κ1) is 18.6. The van der Waals surface area contributed by atoms with E-state index in [1.54, 1.807) is 19.2 Å². The van der Waals surface area contributed by atoms with Crippen LogP contribution in [0.3, 0.4) is 0 Å². The Hall–Kier alpha value is -2.16.